The van der Waals surface area contributed by atoms with Gasteiger partial charge in [-0.15, -0.1) is 0 Å². The molecule has 1 saturated carbocycles. The van der Waals surface area contributed by atoms with Crippen LogP contribution in [0.3, 0.4) is 0 Å². The first kappa shape index (κ1) is 19.9. The number of sulfonamides is 1. The van der Waals surface area contributed by atoms with Crippen LogP contribution in [0.1, 0.15) is 49.9 Å². The van der Waals surface area contributed by atoms with Crippen LogP contribution in [0, 0.1) is 0 Å². The van der Waals surface area contributed by atoms with Crippen LogP contribution >= 0.6 is 11.6 Å². The Morgan fingerprint density at radius 2 is 1.96 bits per heavy atom. The fraction of sp³-hybridized carbons (Fsp3) is 0.529. The maximum absolute atomic E-state index is 12.7. The molecule has 0 heterocycles. The summed E-state index contributed by atoms with van der Waals surface area (Å²) >= 11 is 6.05. The summed E-state index contributed by atoms with van der Waals surface area (Å²) in [7, 11) is -3.81. The molecule has 0 unspecified atom stereocenters. The van der Waals surface area contributed by atoms with Gasteiger partial charge in [-0.1, -0.05) is 25.4 Å². The van der Waals surface area contributed by atoms with Gasteiger partial charge in [0, 0.05) is 19.5 Å². The van der Waals surface area contributed by atoms with E-state index in [-0.39, 0.29) is 21.3 Å². The molecule has 8 heteroatoms. The van der Waals surface area contributed by atoms with Gasteiger partial charge in [0.1, 0.15) is 4.90 Å². The Balaban J connectivity index is 2.29. The molecule has 138 valence electrons. The van der Waals surface area contributed by atoms with E-state index in [1.54, 1.807) is 13.8 Å². The number of benzene rings is 1. The Morgan fingerprint density at radius 3 is 2.56 bits per heavy atom. The maximum atomic E-state index is 12.7. The van der Waals surface area contributed by atoms with Crippen LogP contribution in [0.25, 0.3) is 0 Å². The van der Waals surface area contributed by atoms with Gasteiger partial charge in [-0.3, -0.25) is 4.79 Å². The molecule has 0 saturated heterocycles. The first-order valence-corrected chi connectivity index (χ1v) is 10.2. The van der Waals surface area contributed by atoms with Gasteiger partial charge in [0.2, 0.25) is 10.0 Å². The minimum absolute atomic E-state index is 0.0391. The number of ketones is 1. The second-order valence-corrected chi connectivity index (χ2v) is 8.15. The molecule has 6 nitrogen and oxygen atoms in total. The lowest BCUT2D eigenvalue weighted by Gasteiger charge is -2.21. The molecule has 0 spiro atoms. The highest BCUT2D eigenvalue weighted by molar-refractivity contribution is 7.89. The van der Waals surface area contributed by atoms with Crippen molar-refractivity contribution in [3.05, 3.63) is 28.8 Å². The molecule has 2 rings (SSSR count). The largest absolute Gasteiger partial charge is 0.451 e. The van der Waals surface area contributed by atoms with E-state index >= 15 is 0 Å². The average Bonchev–Trinajstić information content (AvgIpc) is 2.58. The lowest BCUT2D eigenvalue weighted by molar-refractivity contribution is -0.129. The minimum Gasteiger partial charge on any atom is -0.451 e. The Bertz CT molecular complexity index is 758. The molecule has 1 atom stereocenters. The zero-order valence-electron chi connectivity index (χ0n) is 14.3. The second kappa shape index (κ2) is 8.29. The number of hydrogen-bond donors (Lipinski definition) is 0. The topological polar surface area (TPSA) is 80.8 Å². The van der Waals surface area contributed by atoms with Crippen molar-refractivity contribution in [3.8, 4) is 0 Å². The zero-order valence-corrected chi connectivity index (χ0v) is 15.9. The third kappa shape index (κ3) is 4.40. The fourth-order valence-electron chi connectivity index (χ4n) is 2.80. The molecule has 1 aliphatic carbocycles. The van der Waals surface area contributed by atoms with E-state index in [1.807, 2.05) is 0 Å². The van der Waals surface area contributed by atoms with E-state index < -0.39 is 22.1 Å². The van der Waals surface area contributed by atoms with Gasteiger partial charge in [0.25, 0.3) is 0 Å². The summed E-state index contributed by atoms with van der Waals surface area (Å²) in [4.78, 5) is 24.0. The first-order valence-electron chi connectivity index (χ1n) is 8.34. The van der Waals surface area contributed by atoms with Gasteiger partial charge in [0.15, 0.2) is 11.9 Å². The van der Waals surface area contributed by atoms with Crippen molar-refractivity contribution >= 4 is 33.4 Å². The molecule has 1 aliphatic rings. The SMILES string of the molecule is CCN(CC)S(=O)(=O)c1cc(C(=O)O[C@@H]2CCCCC2=O)ccc1Cl. The lowest BCUT2D eigenvalue weighted by Crippen LogP contribution is -2.31. The quantitative estimate of drug-likeness (QED) is 0.701. The molecular formula is C17H22ClNO5S. The van der Waals surface area contributed by atoms with E-state index in [4.69, 9.17) is 16.3 Å². The molecule has 1 fully saturated rings. The number of Topliss-reactive ketones (excluding diaryl/α,β-unsaturated/α-hetero) is 1. The summed E-state index contributed by atoms with van der Waals surface area (Å²) in [6.07, 6.45) is 1.79. The number of carbonyl (C=O) groups excluding carboxylic acids is 2. The predicted octanol–water partition coefficient (Wildman–Crippen LogP) is 3.04. The summed E-state index contributed by atoms with van der Waals surface area (Å²) in [6.45, 7) is 4.03. The third-order valence-electron chi connectivity index (χ3n) is 4.24. The Hall–Kier alpha value is -1.44. The normalized spacial score (nSPS) is 18.4. The minimum atomic E-state index is -3.81. The van der Waals surface area contributed by atoms with Crippen LogP contribution in [0.2, 0.25) is 5.02 Å². The molecular weight excluding hydrogens is 366 g/mol. The monoisotopic (exact) mass is 387 g/mol. The summed E-state index contributed by atoms with van der Waals surface area (Å²) in [5.41, 5.74) is 0.0634. The zero-order chi connectivity index (χ0) is 18.6. The maximum Gasteiger partial charge on any atom is 0.338 e. The third-order valence-corrected chi connectivity index (χ3v) is 6.77. The standard InChI is InChI=1S/C17H22ClNO5S/c1-3-19(4-2)25(22,23)16-11-12(9-10-13(16)18)17(21)24-15-8-6-5-7-14(15)20/h9-11,15H,3-8H2,1-2H3/t15-/m1/s1. The van der Waals surface area contributed by atoms with Crippen molar-refractivity contribution in [1.82, 2.24) is 4.31 Å². The second-order valence-electron chi connectivity index (χ2n) is 5.84. The number of esters is 1. The Morgan fingerprint density at radius 1 is 1.28 bits per heavy atom. The summed E-state index contributed by atoms with van der Waals surface area (Å²) < 4.78 is 31.9. The van der Waals surface area contributed by atoms with Gasteiger partial charge in [-0.2, -0.15) is 4.31 Å². The van der Waals surface area contributed by atoms with Crippen LogP contribution in [0.5, 0.6) is 0 Å². The lowest BCUT2D eigenvalue weighted by atomic mass is 9.96. The average molecular weight is 388 g/mol. The highest BCUT2D eigenvalue weighted by Crippen LogP contribution is 2.27. The van der Waals surface area contributed by atoms with Crippen molar-refractivity contribution in [2.75, 3.05) is 13.1 Å². The first-order chi connectivity index (χ1) is 11.8. The van der Waals surface area contributed by atoms with Gasteiger partial charge in [-0.05, 0) is 37.5 Å². The van der Waals surface area contributed by atoms with Crippen molar-refractivity contribution < 1.29 is 22.7 Å². The number of nitrogens with zero attached hydrogens (tertiary/aromatic N) is 1. The van der Waals surface area contributed by atoms with Gasteiger partial charge < -0.3 is 4.74 Å². The van der Waals surface area contributed by atoms with E-state index in [0.29, 0.717) is 25.9 Å². The predicted molar refractivity (Wildman–Crippen MR) is 94.2 cm³/mol. The van der Waals surface area contributed by atoms with Gasteiger partial charge in [-0.25, -0.2) is 13.2 Å². The fourth-order valence-corrected chi connectivity index (χ4v) is 4.76. The summed E-state index contributed by atoms with van der Waals surface area (Å²) in [5.74, 6) is -0.808. The van der Waals surface area contributed by atoms with Crippen LogP contribution in [-0.2, 0) is 19.6 Å². The Labute approximate surface area is 153 Å². The van der Waals surface area contributed by atoms with Gasteiger partial charge in [0.05, 0.1) is 10.6 Å². The molecule has 0 aliphatic heterocycles. The molecule has 1 aromatic carbocycles. The van der Waals surface area contributed by atoms with Crippen LogP contribution in [-0.4, -0.2) is 43.7 Å². The number of carbonyl (C=O) groups is 2. The summed E-state index contributed by atoms with van der Waals surface area (Å²) in [6, 6.07) is 3.97. The van der Waals surface area contributed by atoms with Crippen molar-refractivity contribution in [2.45, 2.75) is 50.5 Å². The summed E-state index contributed by atoms with van der Waals surface area (Å²) in [5, 5.41) is 0.0391. The highest BCUT2D eigenvalue weighted by Gasteiger charge is 2.29. The number of ether oxygens (including phenoxy) is 1. The number of rotatable bonds is 6. The van der Waals surface area contributed by atoms with E-state index in [0.717, 1.165) is 12.8 Å². The molecule has 25 heavy (non-hydrogen) atoms. The smallest absolute Gasteiger partial charge is 0.338 e. The van der Waals surface area contributed by atoms with Crippen LogP contribution in [0.15, 0.2) is 23.1 Å². The molecule has 0 bridgehead atoms. The van der Waals surface area contributed by atoms with Crippen molar-refractivity contribution in [2.24, 2.45) is 0 Å². The van der Waals surface area contributed by atoms with Crippen LogP contribution in [0.4, 0.5) is 0 Å². The van der Waals surface area contributed by atoms with Gasteiger partial charge >= 0.3 is 5.97 Å². The van der Waals surface area contributed by atoms with E-state index in [9.17, 15) is 18.0 Å². The van der Waals surface area contributed by atoms with Crippen LogP contribution < -0.4 is 0 Å². The van der Waals surface area contributed by atoms with E-state index in [1.165, 1.54) is 22.5 Å². The number of hydrogen-bond acceptors (Lipinski definition) is 5. The number of halogens is 1. The molecule has 0 N–H and O–H groups in total. The van der Waals surface area contributed by atoms with Crippen molar-refractivity contribution in [1.29, 1.82) is 0 Å². The Kier molecular flexibility index (Phi) is 6.59. The highest BCUT2D eigenvalue weighted by atomic mass is 35.5. The van der Waals surface area contributed by atoms with E-state index in [2.05, 4.69) is 0 Å². The molecule has 0 amide bonds. The molecule has 0 radical (unpaired) electrons. The van der Waals surface area contributed by atoms with Crippen molar-refractivity contribution in [3.63, 3.8) is 0 Å². The molecule has 0 aromatic heterocycles. The molecule has 1 aromatic rings.